The van der Waals surface area contributed by atoms with Crippen LogP contribution in [0.4, 0.5) is 0 Å². The summed E-state index contributed by atoms with van der Waals surface area (Å²) in [4.78, 5) is 42.3. The summed E-state index contributed by atoms with van der Waals surface area (Å²) in [5.74, 6) is 2.25. The maximum atomic E-state index is 16.5. The van der Waals surface area contributed by atoms with Crippen LogP contribution in [0.1, 0.15) is 348 Å². The quantitative estimate of drug-likeness (QED) is 0.0282. The van der Waals surface area contributed by atoms with Crippen LogP contribution in [0.15, 0.2) is 36.4 Å². The highest BCUT2D eigenvalue weighted by Crippen LogP contribution is 2.63. The molecule has 89 heavy (non-hydrogen) atoms. The van der Waals surface area contributed by atoms with Gasteiger partial charge in [0.25, 0.3) is 0 Å². The van der Waals surface area contributed by atoms with E-state index in [4.69, 9.17) is 14.2 Å². The summed E-state index contributed by atoms with van der Waals surface area (Å²) in [6, 6.07) is 14.2. The Balaban J connectivity index is 1.16. The largest absolute Gasteiger partial charge is 0.487 e. The van der Waals surface area contributed by atoms with Gasteiger partial charge < -0.3 is 14.2 Å². The molecule has 9 rings (SSSR count). The van der Waals surface area contributed by atoms with Crippen LogP contribution in [0.3, 0.4) is 0 Å². The maximum Gasteiger partial charge on any atom is 0.177 e. The third-order valence-corrected chi connectivity index (χ3v) is 27.7. The summed E-state index contributed by atoms with van der Waals surface area (Å²) in [6.07, 6.45) is 51.2. The lowest BCUT2D eigenvalue weighted by Crippen LogP contribution is -2.38. The molecular formula is C78H112O5S6. The average molecular weight is 1320 g/mol. The first-order chi connectivity index (χ1) is 43.6. The lowest BCUT2D eigenvalue weighted by molar-refractivity contribution is 0.0394. The highest BCUT2D eigenvalue weighted by molar-refractivity contribution is 7.31. The summed E-state index contributed by atoms with van der Waals surface area (Å²) in [6.45, 7) is 13.8. The van der Waals surface area contributed by atoms with Crippen molar-refractivity contribution in [1.82, 2.24) is 0 Å². The number of Topliss-reactive ketones (excluding diaryl/α,β-unsaturated/α-hetero) is 1. The molecule has 6 aromatic rings. The number of thiophene rings is 6. The molecule has 1 aliphatic carbocycles. The van der Waals surface area contributed by atoms with Crippen molar-refractivity contribution in [2.75, 3.05) is 7.11 Å². The maximum absolute atomic E-state index is 16.5. The molecule has 0 aromatic carbocycles. The number of aldehydes is 1. The van der Waals surface area contributed by atoms with E-state index in [2.05, 4.69) is 71.9 Å². The van der Waals surface area contributed by atoms with Crippen LogP contribution in [-0.2, 0) is 16.6 Å². The normalized spacial score (nSPS) is 14.8. The predicted octanol–water partition coefficient (Wildman–Crippen LogP) is 28.3. The number of carbonyl (C=O) groups is 2. The molecule has 0 spiro atoms. The number of rotatable bonds is 46. The van der Waals surface area contributed by atoms with Crippen LogP contribution in [0, 0.1) is 0 Å². The van der Waals surface area contributed by atoms with Gasteiger partial charge in [0.15, 0.2) is 17.1 Å². The van der Waals surface area contributed by atoms with E-state index in [9.17, 15) is 4.79 Å². The van der Waals surface area contributed by atoms with Crippen LogP contribution >= 0.6 is 68.0 Å². The molecule has 6 aromatic heterocycles. The van der Waals surface area contributed by atoms with Gasteiger partial charge in [-0.15, -0.1) is 56.7 Å². The topological polar surface area (TPSA) is 61.8 Å². The third kappa shape index (κ3) is 17.1. The van der Waals surface area contributed by atoms with Crippen LogP contribution in [0.25, 0.3) is 48.8 Å². The molecule has 0 saturated heterocycles. The number of ketones is 1. The molecular weight excluding hydrogens is 1210 g/mol. The van der Waals surface area contributed by atoms with E-state index >= 15 is 4.79 Å². The van der Waals surface area contributed by atoms with Crippen LogP contribution in [-0.4, -0.2) is 19.2 Å². The fraction of sp³-hybridized carbons (Fsp3) is 0.667. The van der Waals surface area contributed by atoms with Crippen molar-refractivity contribution in [1.29, 1.82) is 0 Å². The van der Waals surface area contributed by atoms with Gasteiger partial charge in [0.1, 0.15) is 22.7 Å². The molecule has 0 saturated carbocycles. The molecule has 0 amide bonds. The Labute approximate surface area is 563 Å². The van der Waals surface area contributed by atoms with Gasteiger partial charge in [0.2, 0.25) is 0 Å². The third-order valence-electron chi connectivity index (χ3n) is 20.2. The Hall–Kier alpha value is -3.06. The van der Waals surface area contributed by atoms with Gasteiger partial charge in [-0.1, -0.05) is 258 Å². The molecule has 0 radical (unpaired) electrons. The molecule has 490 valence electrons. The predicted molar refractivity (Wildman–Crippen MR) is 391 cm³/mol. The van der Waals surface area contributed by atoms with E-state index in [1.807, 2.05) is 51.4 Å². The minimum absolute atomic E-state index is 0.366. The van der Waals surface area contributed by atoms with Crippen molar-refractivity contribution < 1.29 is 23.8 Å². The number of unbranched alkanes of at least 4 members (excludes halogenated alkanes) is 30. The van der Waals surface area contributed by atoms with Crippen molar-refractivity contribution in [3.8, 4) is 65.3 Å². The molecule has 0 N–H and O–H groups in total. The second-order valence-corrected chi connectivity index (χ2v) is 33.4. The van der Waals surface area contributed by atoms with Gasteiger partial charge in [0.05, 0.1) is 41.8 Å². The Morgan fingerprint density at radius 2 is 0.685 bits per heavy atom. The number of hydrogen-bond donors (Lipinski definition) is 0. The minimum atomic E-state index is -0.585. The van der Waals surface area contributed by atoms with Crippen molar-refractivity contribution in [2.24, 2.45) is 0 Å². The highest BCUT2D eigenvalue weighted by atomic mass is 32.1. The smallest absolute Gasteiger partial charge is 0.177 e. The molecule has 0 bridgehead atoms. The molecule has 3 aliphatic rings. The van der Waals surface area contributed by atoms with E-state index < -0.39 is 16.6 Å². The van der Waals surface area contributed by atoms with Gasteiger partial charge in [-0.25, -0.2) is 0 Å². The molecule has 0 atom stereocenters. The minimum Gasteiger partial charge on any atom is -0.487 e. The monoisotopic (exact) mass is 1320 g/mol. The number of ether oxygens (including phenoxy) is 3. The first-order valence-electron chi connectivity index (χ1n) is 36.4. The van der Waals surface area contributed by atoms with E-state index in [1.165, 1.54) is 253 Å². The van der Waals surface area contributed by atoms with E-state index in [0.717, 1.165) is 115 Å². The summed E-state index contributed by atoms with van der Waals surface area (Å²) in [5, 5.41) is 0.901. The molecule has 2 aliphatic heterocycles. The van der Waals surface area contributed by atoms with Gasteiger partial charge in [-0.3, -0.25) is 9.59 Å². The Morgan fingerprint density at radius 1 is 0.360 bits per heavy atom. The molecule has 0 unspecified atom stereocenters. The van der Waals surface area contributed by atoms with Crippen molar-refractivity contribution >= 4 is 80.1 Å². The zero-order valence-corrected chi connectivity index (χ0v) is 61.1. The number of hydrogen-bond acceptors (Lipinski definition) is 11. The summed E-state index contributed by atoms with van der Waals surface area (Å²) in [7, 11) is 1.79. The molecule has 8 heterocycles. The van der Waals surface area contributed by atoms with Crippen LogP contribution in [0.2, 0.25) is 0 Å². The Bertz CT molecular complexity index is 3050. The zero-order valence-electron chi connectivity index (χ0n) is 56.2. The van der Waals surface area contributed by atoms with Crippen molar-refractivity contribution in [3.05, 3.63) is 63.5 Å². The lowest BCUT2D eigenvalue weighted by Gasteiger charge is -2.38. The second kappa shape index (κ2) is 35.4. The first-order valence-corrected chi connectivity index (χ1v) is 41.3. The van der Waals surface area contributed by atoms with Crippen molar-refractivity contribution in [2.45, 2.75) is 328 Å². The van der Waals surface area contributed by atoms with Crippen LogP contribution < -0.4 is 14.2 Å². The fourth-order valence-corrected chi connectivity index (χ4v) is 22.3. The van der Waals surface area contributed by atoms with Gasteiger partial charge >= 0.3 is 0 Å². The van der Waals surface area contributed by atoms with Gasteiger partial charge in [0, 0.05) is 53.2 Å². The fourth-order valence-electron chi connectivity index (χ4n) is 15.0. The van der Waals surface area contributed by atoms with E-state index in [1.54, 1.807) is 29.8 Å². The Kier molecular flexibility index (Phi) is 28.0. The lowest BCUT2D eigenvalue weighted by atomic mass is 9.65. The second-order valence-electron chi connectivity index (χ2n) is 27.0. The SMILES string of the molecule is CCCCCCCCC1(CCCCCCCC)Oc2cc(C=O)sc2-c2sc(-c3cc4c(s3)-c3sc(-c5cc6c(s5)-c5sc(OC)cc5OC6(CCCCCCCC)CCCCCCCC)cc3C(=O)C4(CCCCCCCC)CCCCCCCC)cc21. The van der Waals surface area contributed by atoms with Crippen molar-refractivity contribution in [3.63, 3.8) is 0 Å². The van der Waals surface area contributed by atoms with E-state index in [-0.39, 0.29) is 0 Å². The molecule has 11 heteroatoms. The number of carbonyl (C=O) groups excluding carboxylic acids is 2. The van der Waals surface area contributed by atoms with E-state index in [0.29, 0.717) is 5.78 Å². The summed E-state index contributed by atoms with van der Waals surface area (Å²) >= 11 is 11.0. The molecule has 5 nitrogen and oxygen atoms in total. The van der Waals surface area contributed by atoms with Gasteiger partial charge in [-0.05, 0) is 94.0 Å². The molecule has 0 fully saturated rings. The average Bonchev–Trinajstić information content (AvgIpc) is 1.61. The summed E-state index contributed by atoms with van der Waals surface area (Å²) < 4.78 is 20.9. The van der Waals surface area contributed by atoms with Crippen LogP contribution in [0.5, 0.6) is 16.6 Å². The highest BCUT2D eigenvalue weighted by Gasteiger charge is 2.50. The van der Waals surface area contributed by atoms with Gasteiger partial charge in [-0.2, -0.15) is 0 Å². The zero-order chi connectivity index (χ0) is 62.5. The Morgan fingerprint density at radius 3 is 1.08 bits per heavy atom. The number of methoxy groups -OCH3 is 1. The standard InChI is InChI=1S/C78H112O5S6/c1-8-14-20-26-32-38-44-76(45-39-33-27-21-15-9-2)59-52-65(67-54-60-71(88-67)73-62(50-57(56-79)84-73)82-77(60,46-40-34-28-22-16-10-3)47-41-35-29-23-17-11-4)86-70(59)69-58(75(76)80)51-64(85-69)66-53-61-72(87-66)74-63(55-68(81-7)89-74)83-78(61,48-42-36-30-24-18-12-5)49-43-37-31-25-19-13-6/h50-56H,8-49H2,1-7H3. The number of fused-ring (bicyclic) bond motifs is 9. The first kappa shape index (κ1) is 70.3. The summed E-state index contributed by atoms with van der Waals surface area (Å²) in [5.41, 5.74) is 3.50.